The Balaban J connectivity index is 1.48. The number of carbonyl (C=O) groups is 3. The summed E-state index contributed by atoms with van der Waals surface area (Å²) in [6, 6.07) is 12.5. The highest BCUT2D eigenvalue weighted by molar-refractivity contribution is 7.12. The van der Waals surface area contributed by atoms with Gasteiger partial charge < -0.3 is 20.1 Å². The number of esters is 1. The lowest BCUT2D eigenvalue weighted by molar-refractivity contribution is -0.157. The molecule has 1 aliphatic heterocycles. The minimum atomic E-state index is -0.871. The largest absolute Gasteiger partial charge is 0.458 e. The van der Waals surface area contributed by atoms with Crippen LogP contribution in [0.2, 0.25) is 0 Å². The van der Waals surface area contributed by atoms with Gasteiger partial charge in [0, 0.05) is 35.7 Å². The summed E-state index contributed by atoms with van der Waals surface area (Å²) >= 11 is 1.59. The van der Waals surface area contributed by atoms with E-state index in [1.807, 2.05) is 42.5 Å². The number of hydrogen-bond donors (Lipinski definition) is 3. The lowest BCUT2D eigenvalue weighted by Gasteiger charge is -2.24. The summed E-state index contributed by atoms with van der Waals surface area (Å²) in [6.45, 7) is 7.05. The molecule has 0 spiro atoms. The number of carbonyl (C=O) groups excluding carboxylic acids is 3. The van der Waals surface area contributed by atoms with Gasteiger partial charge in [-0.3, -0.25) is 15.1 Å². The molecule has 1 aromatic heterocycles. The Labute approximate surface area is 228 Å². The average Bonchev–Trinajstić information content (AvgIpc) is 3.32. The van der Waals surface area contributed by atoms with E-state index < -0.39 is 23.7 Å². The Hall–Kier alpha value is -3.40. The number of amides is 2. The first kappa shape index (κ1) is 29.2. The van der Waals surface area contributed by atoms with Crippen LogP contribution in [0.4, 0.5) is 4.79 Å². The zero-order chi connectivity index (χ0) is 27.4. The van der Waals surface area contributed by atoms with Crippen molar-refractivity contribution in [2.75, 3.05) is 13.1 Å². The zero-order valence-electron chi connectivity index (χ0n) is 22.4. The molecular weight excluding hydrogens is 504 g/mol. The summed E-state index contributed by atoms with van der Waals surface area (Å²) in [5, 5.41) is 8.58. The molecule has 206 valence electrons. The maximum Gasteiger partial charge on any atom is 0.408 e. The third kappa shape index (κ3) is 10.9. The standard InChI is InChI=1S/C28H38N4O5S/c1-28(2,3)37-25(34)23(31-27(35)36-19-20-10-5-4-6-11-20)18-22-15-14-21(38-22)12-7-8-13-24(33)32-26-29-16-9-17-30-26/h4-6,10-11,14-15,23H,7-9,12-13,16-19H2,1-3H3,(H,31,35)(H2,29,30,32,33)/t23-/m0/s1. The van der Waals surface area contributed by atoms with E-state index in [9.17, 15) is 14.4 Å². The number of benzene rings is 1. The van der Waals surface area contributed by atoms with Crippen LogP contribution in [0.5, 0.6) is 0 Å². The van der Waals surface area contributed by atoms with Crippen molar-refractivity contribution in [2.45, 2.75) is 77.5 Å². The Morgan fingerprint density at radius 1 is 1.08 bits per heavy atom. The van der Waals surface area contributed by atoms with E-state index in [0.717, 1.165) is 54.1 Å². The molecule has 3 rings (SSSR count). The molecule has 3 N–H and O–H groups in total. The van der Waals surface area contributed by atoms with Crippen molar-refractivity contribution < 1.29 is 23.9 Å². The molecule has 2 amide bonds. The average molecular weight is 543 g/mol. The Morgan fingerprint density at radius 2 is 1.84 bits per heavy atom. The van der Waals surface area contributed by atoms with Gasteiger partial charge in [-0.15, -0.1) is 11.3 Å². The van der Waals surface area contributed by atoms with Crippen LogP contribution in [0, 0.1) is 0 Å². The molecule has 2 heterocycles. The summed E-state index contributed by atoms with van der Waals surface area (Å²) in [6.07, 6.45) is 3.52. The van der Waals surface area contributed by atoms with E-state index in [1.165, 1.54) is 0 Å². The first-order chi connectivity index (χ1) is 18.2. The third-order valence-electron chi connectivity index (χ3n) is 5.55. The third-order valence-corrected chi connectivity index (χ3v) is 6.72. The maximum absolute atomic E-state index is 12.9. The second kappa shape index (κ2) is 14.5. The summed E-state index contributed by atoms with van der Waals surface area (Å²) in [5.41, 5.74) is 0.175. The van der Waals surface area contributed by atoms with Gasteiger partial charge in [0.15, 0.2) is 5.96 Å². The molecule has 38 heavy (non-hydrogen) atoms. The molecule has 9 nitrogen and oxygen atoms in total. The predicted molar refractivity (Wildman–Crippen MR) is 148 cm³/mol. The first-order valence-electron chi connectivity index (χ1n) is 13.0. The van der Waals surface area contributed by atoms with Crippen molar-refractivity contribution in [1.82, 2.24) is 16.0 Å². The van der Waals surface area contributed by atoms with E-state index >= 15 is 0 Å². The van der Waals surface area contributed by atoms with Gasteiger partial charge in [-0.25, -0.2) is 9.59 Å². The van der Waals surface area contributed by atoms with Crippen LogP contribution < -0.4 is 16.0 Å². The molecule has 0 saturated heterocycles. The number of rotatable bonds is 11. The lowest BCUT2D eigenvalue weighted by Crippen LogP contribution is -2.45. The number of ether oxygens (including phenoxy) is 2. The lowest BCUT2D eigenvalue weighted by atomic mass is 10.1. The van der Waals surface area contributed by atoms with E-state index in [1.54, 1.807) is 32.1 Å². The summed E-state index contributed by atoms with van der Waals surface area (Å²) in [7, 11) is 0. The molecule has 0 fully saturated rings. The molecule has 0 aliphatic carbocycles. The Bertz CT molecular complexity index is 1090. The molecule has 10 heteroatoms. The van der Waals surface area contributed by atoms with Crippen molar-refractivity contribution in [3.8, 4) is 0 Å². The van der Waals surface area contributed by atoms with E-state index in [0.29, 0.717) is 18.8 Å². The SMILES string of the molecule is CC(C)(C)OC(=O)[C@H](Cc1ccc(CCCCC(=O)NC2=NCCCN2)s1)NC(=O)OCc1ccccc1. The number of guanidine groups is 1. The smallest absolute Gasteiger partial charge is 0.408 e. The maximum atomic E-state index is 12.9. The van der Waals surface area contributed by atoms with Crippen LogP contribution in [-0.4, -0.2) is 48.7 Å². The number of hydrogen-bond acceptors (Lipinski definition) is 8. The molecule has 1 atom stereocenters. The highest BCUT2D eigenvalue weighted by atomic mass is 32.1. The number of thiophene rings is 1. The highest BCUT2D eigenvalue weighted by Crippen LogP contribution is 2.21. The normalized spacial score (nSPS) is 14.0. The van der Waals surface area contributed by atoms with Crippen LogP contribution >= 0.6 is 11.3 Å². The number of aryl methyl sites for hydroxylation is 1. The zero-order valence-corrected chi connectivity index (χ0v) is 23.2. The van der Waals surface area contributed by atoms with Crippen LogP contribution in [-0.2, 0) is 38.5 Å². The van der Waals surface area contributed by atoms with Gasteiger partial charge in [0.25, 0.3) is 0 Å². The van der Waals surface area contributed by atoms with Crippen LogP contribution in [0.25, 0.3) is 0 Å². The quantitative estimate of drug-likeness (QED) is 0.291. The molecule has 0 saturated carbocycles. The molecule has 1 aliphatic rings. The van der Waals surface area contributed by atoms with Gasteiger partial charge in [-0.1, -0.05) is 30.3 Å². The second-order valence-electron chi connectivity index (χ2n) is 10.1. The van der Waals surface area contributed by atoms with Crippen LogP contribution in [0.1, 0.15) is 61.8 Å². The van der Waals surface area contributed by atoms with E-state index in [-0.39, 0.29) is 12.5 Å². The topological polar surface area (TPSA) is 118 Å². The van der Waals surface area contributed by atoms with E-state index in [2.05, 4.69) is 20.9 Å². The van der Waals surface area contributed by atoms with Gasteiger partial charge in [0.1, 0.15) is 18.2 Å². The number of nitrogens with one attached hydrogen (secondary N) is 3. The summed E-state index contributed by atoms with van der Waals surface area (Å²) < 4.78 is 10.9. The van der Waals surface area contributed by atoms with Gasteiger partial charge in [0.05, 0.1) is 0 Å². The fraction of sp³-hybridized carbons (Fsp3) is 0.500. The number of aliphatic imine (C=N–C) groups is 1. The summed E-state index contributed by atoms with van der Waals surface area (Å²) in [5.74, 6) is 0.0314. The Kier molecular flexibility index (Phi) is 11.1. The molecular formula is C28H38N4O5S. The van der Waals surface area contributed by atoms with Gasteiger partial charge in [0.2, 0.25) is 5.91 Å². The van der Waals surface area contributed by atoms with Crippen molar-refractivity contribution >= 4 is 35.3 Å². The fourth-order valence-electron chi connectivity index (χ4n) is 3.74. The van der Waals surface area contributed by atoms with Crippen LogP contribution in [0.3, 0.4) is 0 Å². The minimum absolute atomic E-state index is 0.0320. The molecule has 0 unspecified atom stereocenters. The van der Waals surface area contributed by atoms with Crippen molar-refractivity contribution in [1.29, 1.82) is 0 Å². The van der Waals surface area contributed by atoms with Crippen molar-refractivity contribution in [3.63, 3.8) is 0 Å². The van der Waals surface area contributed by atoms with E-state index in [4.69, 9.17) is 9.47 Å². The predicted octanol–water partition coefficient (Wildman–Crippen LogP) is 4.11. The van der Waals surface area contributed by atoms with Gasteiger partial charge in [-0.05, 0) is 64.2 Å². The molecule has 0 bridgehead atoms. The van der Waals surface area contributed by atoms with Crippen LogP contribution in [0.15, 0.2) is 47.5 Å². The molecule has 0 radical (unpaired) electrons. The monoisotopic (exact) mass is 542 g/mol. The number of nitrogens with zero attached hydrogens (tertiary/aromatic N) is 1. The minimum Gasteiger partial charge on any atom is -0.458 e. The van der Waals surface area contributed by atoms with Gasteiger partial charge >= 0.3 is 12.1 Å². The second-order valence-corrected chi connectivity index (χ2v) is 11.4. The Morgan fingerprint density at radius 3 is 2.55 bits per heavy atom. The van der Waals surface area contributed by atoms with Crippen molar-refractivity contribution in [3.05, 3.63) is 57.8 Å². The first-order valence-corrected chi connectivity index (χ1v) is 13.9. The summed E-state index contributed by atoms with van der Waals surface area (Å²) in [4.78, 5) is 43.8. The van der Waals surface area contributed by atoms with Gasteiger partial charge in [-0.2, -0.15) is 0 Å². The molecule has 1 aromatic carbocycles. The fourth-order valence-corrected chi connectivity index (χ4v) is 4.84. The number of unbranched alkanes of at least 4 members (excludes halogenated alkanes) is 1. The molecule has 2 aromatic rings. The van der Waals surface area contributed by atoms with Crippen molar-refractivity contribution in [2.24, 2.45) is 4.99 Å². The highest BCUT2D eigenvalue weighted by Gasteiger charge is 2.28. The number of alkyl carbamates (subject to hydrolysis) is 1.